The average molecular weight is 393 g/mol. The number of benzene rings is 1. The Hall–Kier alpha value is -2.36. The number of sulfone groups is 1. The van der Waals surface area contributed by atoms with Gasteiger partial charge in [0.2, 0.25) is 0 Å². The topological polar surface area (TPSA) is 124 Å². The van der Waals surface area contributed by atoms with Crippen molar-refractivity contribution in [2.45, 2.75) is 37.0 Å². The molecule has 1 aromatic rings. The molecule has 0 bridgehead atoms. The van der Waals surface area contributed by atoms with E-state index in [-0.39, 0.29) is 19.4 Å². The van der Waals surface area contributed by atoms with Crippen molar-refractivity contribution in [3.63, 3.8) is 0 Å². The minimum Gasteiger partial charge on any atom is -0.394 e. The van der Waals surface area contributed by atoms with Crippen LogP contribution in [0.3, 0.4) is 0 Å². The van der Waals surface area contributed by atoms with Crippen molar-refractivity contribution >= 4 is 15.7 Å². The molecule has 2 atom stereocenters. The molecule has 146 valence electrons. The summed E-state index contributed by atoms with van der Waals surface area (Å²) < 4.78 is 22.1. The fraction of sp³-hybridized carbons (Fsp3) is 0.421. The summed E-state index contributed by atoms with van der Waals surface area (Å²) in [5.74, 6) is 9.71. The van der Waals surface area contributed by atoms with Crippen molar-refractivity contribution in [2.24, 2.45) is 0 Å². The van der Waals surface area contributed by atoms with Crippen molar-refractivity contribution in [2.75, 3.05) is 12.9 Å². The van der Waals surface area contributed by atoms with Crippen LogP contribution in [-0.4, -0.2) is 53.5 Å². The van der Waals surface area contributed by atoms with Gasteiger partial charge in [-0.3, -0.25) is 10.0 Å². The maximum absolute atomic E-state index is 11.9. The third-order valence-corrected chi connectivity index (χ3v) is 6.18. The van der Waals surface area contributed by atoms with Crippen LogP contribution in [0, 0.1) is 23.7 Å². The maximum Gasteiger partial charge on any atom is 0.264 e. The highest BCUT2D eigenvalue weighted by Gasteiger charge is 2.43. The Morgan fingerprint density at radius 3 is 2.41 bits per heavy atom. The van der Waals surface area contributed by atoms with Gasteiger partial charge in [0.1, 0.15) is 4.75 Å². The van der Waals surface area contributed by atoms with E-state index in [1.54, 1.807) is 24.3 Å². The van der Waals surface area contributed by atoms with Crippen molar-refractivity contribution < 1.29 is 28.6 Å². The van der Waals surface area contributed by atoms with E-state index in [1.165, 1.54) is 12.4 Å². The van der Waals surface area contributed by atoms with Crippen molar-refractivity contribution in [1.29, 1.82) is 0 Å². The lowest BCUT2D eigenvalue weighted by molar-refractivity contribution is -0.131. The van der Waals surface area contributed by atoms with E-state index >= 15 is 0 Å². The zero-order chi connectivity index (χ0) is 20.5. The first kappa shape index (κ1) is 22.7. The standard InChI is InChI=1S/C19H23NO6S/c1-19(18(23)20-24,27(2,25)26)13-12-16-10-8-15(9-11-16)6-4-3-5-7-17(22)14-21/h8-11,17,21-22,24H,7,12-14H2,1-2H3,(H,20,23). The van der Waals surface area contributed by atoms with Crippen LogP contribution in [0.2, 0.25) is 0 Å². The molecule has 0 saturated carbocycles. The van der Waals surface area contributed by atoms with Crippen LogP contribution in [0.1, 0.15) is 30.9 Å². The number of carbonyl (C=O) groups is 1. The van der Waals surface area contributed by atoms with Crippen LogP contribution >= 0.6 is 0 Å². The summed E-state index contributed by atoms with van der Waals surface area (Å²) in [5, 5.41) is 26.6. The van der Waals surface area contributed by atoms with Gasteiger partial charge in [-0.2, -0.15) is 0 Å². The Morgan fingerprint density at radius 2 is 1.89 bits per heavy atom. The summed E-state index contributed by atoms with van der Waals surface area (Å²) >= 11 is 0. The van der Waals surface area contributed by atoms with E-state index in [1.807, 2.05) is 0 Å². The third-order valence-electron chi connectivity index (χ3n) is 4.15. The molecular formula is C19H23NO6S. The summed E-state index contributed by atoms with van der Waals surface area (Å²) in [7, 11) is -3.72. The SMILES string of the molecule is CC(CCc1ccc(C#CC#CCC(O)CO)cc1)(C(=O)NO)S(C)(=O)=O. The lowest BCUT2D eigenvalue weighted by Gasteiger charge is -2.25. The summed E-state index contributed by atoms with van der Waals surface area (Å²) in [5.41, 5.74) is 2.94. The molecular weight excluding hydrogens is 370 g/mol. The number of nitrogens with one attached hydrogen (secondary N) is 1. The maximum atomic E-state index is 11.9. The molecule has 2 unspecified atom stereocenters. The molecule has 0 aromatic heterocycles. The molecule has 0 heterocycles. The molecule has 0 spiro atoms. The molecule has 1 amide bonds. The molecule has 0 aliphatic heterocycles. The van der Waals surface area contributed by atoms with Gasteiger partial charge in [0.25, 0.3) is 5.91 Å². The number of rotatable bonds is 7. The summed E-state index contributed by atoms with van der Waals surface area (Å²) in [4.78, 5) is 11.8. The van der Waals surface area contributed by atoms with Crippen molar-refractivity contribution in [3.05, 3.63) is 35.4 Å². The number of hydrogen-bond donors (Lipinski definition) is 4. The Kier molecular flexibility index (Phi) is 8.48. The third kappa shape index (κ3) is 6.70. The van der Waals surface area contributed by atoms with E-state index in [0.29, 0.717) is 12.0 Å². The van der Waals surface area contributed by atoms with Crippen LogP contribution in [0.4, 0.5) is 0 Å². The lowest BCUT2D eigenvalue weighted by atomic mass is 9.99. The summed E-state index contributed by atoms with van der Waals surface area (Å²) in [6, 6.07) is 7.03. The second-order valence-electron chi connectivity index (χ2n) is 6.23. The van der Waals surface area contributed by atoms with Crippen LogP contribution < -0.4 is 5.48 Å². The molecule has 1 rings (SSSR count). The van der Waals surface area contributed by atoms with E-state index in [4.69, 9.17) is 15.4 Å². The van der Waals surface area contributed by atoms with E-state index in [2.05, 4.69) is 23.7 Å². The highest BCUT2D eigenvalue weighted by atomic mass is 32.2. The Morgan fingerprint density at radius 1 is 1.26 bits per heavy atom. The molecule has 8 heteroatoms. The first-order chi connectivity index (χ1) is 12.6. The Labute approximate surface area is 159 Å². The minimum absolute atomic E-state index is 0.0158. The van der Waals surface area contributed by atoms with Gasteiger partial charge in [-0.25, -0.2) is 13.9 Å². The zero-order valence-corrected chi connectivity index (χ0v) is 16.0. The highest BCUT2D eigenvalue weighted by molar-refractivity contribution is 7.92. The number of hydroxylamine groups is 1. The molecule has 0 aliphatic carbocycles. The predicted molar refractivity (Wildman–Crippen MR) is 100 cm³/mol. The van der Waals surface area contributed by atoms with Gasteiger partial charge in [0.05, 0.1) is 12.7 Å². The summed E-state index contributed by atoms with van der Waals surface area (Å²) in [6.07, 6.45) is 0.571. The zero-order valence-electron chi connectivity index (χ0n) is 15.2. The van der Waals surface area contributed by atoms with E-state index in [9.17, 15) is 13.2 Å². The molecule has 4 N–H and O–H groups in total. The second-order valence-corrected chi connectivity index (χ2v) is 8.68. The Balaban J connectivity index is 2.76. The number of aryl methyl sites for hydroxylation is 1. The van der Waals surface area contributed by atoms with Gasteiger partial charge >= 0.3 is 0 Å². The van der Waals surface area contributed by atoms with Gasteiger partial charge < -0.3 is 10.2 Å². The molecule has 0 saturated heterocycles. The summed E-state index contributed by atoms with van der Waals surface area (Å²) in [6.45, 7) is 0.933. The molecule has 7 nitrogen and oxygen atoms in total. The van der Waals surface area contributed by atoms with Crippen LogP contribution in [0.5, 0.6) is 0 Å². The van der Waals surface area contributed by atoms with Gasteiger partial charge in [-0.15, -0.1) is 0 Å². The molecule has 1 aromatic carbocycles. The average Bonchev–Trinajstić information content (AvgIpc) is 2.64. The second kappa shape index (κ2) is 10.1. The molecule has 0 radical (unpaired) electrons. The first-order valence-corrected chi connectivity index (χ1v) is 10.0. The number of aliphatic hydroxyl groups excluding tert-OH is 2. The van der Waals surface area contributed by atoms with Gasteiger partial charge in [0, 0.05) is 18.2 Å². The normalized spacial score (nSPS) is 14.0. The lowest BCUT2D eigenvalue weighted by Crippen LogP contribution is -2.49. The quantitative estimate of drug-likeness (QED) is 0.294. The largest absolute Gasteiger partial charge is 0.394 e. The van der Waals surface area contributed by atoms with Crippen molar-refractivity contribution in [3.8, 4) is 23.7 Å². The smallest absolute Gasteiger partial charge is 0.264 e. The number of aliphatic hydroxyl groups is 2. The van der Waals surface area contributed by atoms with Crippen LogP contribution in [0.15, 0.2) is 24.3 Å². The molecule has 0 aliphatic rings. The van der Waals surface area contributed by atoms with Gasteiger partial charge in [-0.1, -0.05) is 24.0 Å². The Bertz CT molecular complexity index is 871. The number of carbonyl (C=O) groups excluding carboxylic acids is 1. The molecule has 27 heavy (non-hydrogen) atoms. The highest BCUT2D eigenvalue weighted by Crippen LogP contribution is 2.23. The fourth-order valence-corrected chi connectivity index (χ4v) is 2.96. The predicted octanol–water partition coefficient (Wildman–Crippen LogP) is 0.0261. The first-order valence-electron chi connectivity index (χ1n) is 8.15. The number of amides is 1. The van der Waals surface area contributed by atoms with Crippen LogP contribution in [0.25, 0.3) is 0 Å². The van der Waals surface area contributed by atoms with E-state index < -0.39 is 26.6 Å². The number of hydrogen-bond acceptors (Lipinski definition) is 6. The monoisotopic (exact) mass is 393 g/mol. The van der Waals surface area contributed by atoms with Crippen molar-refractivity contribution in [1.82, 2.24) is 5.48 Å². The fourth-order valence-electron chi connectivity index (χ4n) is 2.10. The van der Waals surface area contributed by atoms with Gasteiger partial charge in [0.15, 0.2) is 9.84 Å². The van der Waals surface area contributed by atoms with Crippen LogP contribution in [-0.2, 0) is 21.1 Å². The van der Waals surface area contributed by atoms with E-state index in [0.717, 1.165) is 11.8 Å². The molecule has 0 fully saturated rings. The van der Waals surface area contributed by atoms with Gasteiger partial charge in [-0.05, 0) is 49.3 Å². The minimum atomic E-state index is -3.72.